The first-order valence-electron chi connectivity index (χ1n) is 7.83. The molecule has 0 bridgehead atoms. The third-order valence-electron chi connectivity index (χ3n) is 3.25. The lowest BCUT2D eigenvalue weighted by molar-refractivity contribution is 0.0636. The zero-order valence-electron chi connectivity index (χ0n) is 14.0. The Morgan fingerprint density at radius 1 is 1.43 bits per heavy atom. The van der Waals surface area contributed by atoms with Crippen LogP contribution in [0.4, 0.5) is 14.9 Å². The molecule has 2 aromatic rings. The van der Waals surface area contributed by atoms with Crippen molar-refractivity contribution in [2.75, 3.05) is 5.32 Å². The van der Waals surface area contributed by atoms with E-state index < -0.39 is 17.9 Å². The smallest absolute Gasteiger partial charge is 0.412 e. The van der Waals surface area contributed by atoms with Gasteiger partial charge in [0, 0.05) is 17.1 Å². The van der Waals surface area contributed by atoms with Gasteiger partial charge in [-0.25, -0.2) is 9.18 Å². The molecule has 0 saturated heterocycles. The number of alkyl halides is 1. The quantitative estimate of drug-likeness (QED) is 0.803. The Kier molecular flexibility index (Phi) is 5.23. The molecule has 23 heavy (non-hydrogen) atoms. The third-order valence-corrected chi connectivity index (χ3v) is 3.25. The van der Waals surface area contributed by atoms with Crippen molar-refractivity contribution in [1.82, 2.24) is 5.16 Å². The number of hydrogen-bond acceptors (Lipinski definition) is 4. The molecule has 0 aliphatic rings. The summed E-state index contributed by atoms with van der Waals surface area (Å²) in [6, 6.07) is 4.99. The van der Waals surface area contributed by atoms with Crippen molar-refractivity contribution >= 4 is 22.7 Å². The molecular weight excluding hydrogens is 299 g/mol. The fourth-order valence-electron chi connectivity index (χ4n) is 2.20. The van der Waals surface area contributed by atoms with E-state index in [2.05, 4.69) is 10.5 Å². The molecule has 1 unspecified atom stereocenters. The predicted molar refractivity (Wildman–Crippen MR) is 87.2 cm³/mol. The number of fused-ring (bicyclic) bond motifs is 1. The van der Waals surface area contributed by atoms with Gasteiger partial charge in [0.25, 0.3) is 0 Å². The Balaban J connectivity index is 2.13. The molecule has 2 rings (SSSR count). The van der Waals surface area contributed by atoms with Crippen molar-refractivity contribution in [2.24, 2.45) is 0 Å². The Morgan fingerprint density at radius 3 is 2.83 bits per heavy atom. The van der Waals surface area contributed by atoms with Crippen LogP contribution in [0.15, 0.2) is 22.7 Å². The maximum absolute atomic E-state index is 14.2. The first-order valence-corrected chi connectivity index (χ1v) is 7.83. The highest BCUT2D eigenvalue weighted by molar-refractivity contribution is 5.90. The third kappa shape index (κ3) is 4.68. The lowest BCUT2D eigenvalue weighted by atomic mass is 10.1. The molecule has 1 aromatic heterocycles. The fraction of sp³-hybridized carbons (Fsp3) is 0.529. The number of halogens is 1. The number of hydrogen-bond donors (Lipinski definition) is 1. The minimum absolute atomic E-state index is 0.317. The van der Waals surface area contributed by atoms with E-state index in [1.54, 1.807) is 39.0 Å². The van der Waals surface area contributed by atoms with Crippen molar-refractivity contribution in [2.45, 2.75) is 58.7 Å². The van der Waals surface area contributed by atoms with Crippen LogP contribution in [0, 0.1) is 0 Å². The Hall–Kier alpha value is -2.11. The van der Waals surface area contributed by atoms with Gasteiger partial charge in [-0.1, -0.05) is 24.9 Å². The van der Waals surface area contributed by atoms with E-state index in [1.807, 2.05) is 6.92 Å². The fourth-order valence-corrected chi connectivity index (χ4v) is 2.20. The topological polar surface area (TPSA) is 64.4 Å². The Morgan fingerprint density at radius 2 is 2.17 bits per heavy atom. The maximum atomic E-state index is 14.2. The van der Waals surface area contributed by atoms with E-state index in [-0.39, 0.29) is 0 Å². The van der Waals surface area contributed by atoms with Gasteiger partial charge in [0.2, 0.25) is 0 Å². The van der Waals surface area contributed by atoms with Gasteiger partial charge in [0.15, 0.2) is 5.58 Å². The molecule has 0 aliphatic carbocycles. The molecule has 1 heterocycles. The number of rotatable bonds is 5. The van der Waals surface area contributed by atoms with Gasteiger partial charge in [-0.05, 0) is 39.3 Å². The summed E-state index contributed by atoms with van der Waals surface area (Å²) >= 11 is 0. The van der Waals surface area contributed by atoms with E-state index in [4.69, 9.17) is 9.26 Å². The number of carbonyl (C=O) groups is 1. The summed E-state index contributed by atoms with van der Waals surface area (Å²) in [6.07, 6.45) is 0.466. The van der Waals surface area contributed by atoms with Gasteiger partial charge in [-0.2, -0.15) is 0 Å². The summed E-state index contributed by atoms with van der Waals surface area (Å²) in [7, 11) is 0. The molecule has 0 spiro atoms. The number of nitrogens with zero attached hydrogens (tertiary/aromatic N) is 1. The molecule has 5 nitrogen and oxygen atoms in total. The van der Waals surface area contributed by atoms with E-state index >= 15 is 0 Å². The van der Waals surface area contributed by atoms with E-state index in [0.717, 1.165) is 12.8 Å². The summed E-state index contributed by atoms with van der Waals surface area (Å²) in [5, 5.41) is 7.08. The van der Waals surface area contributed by atoms with Gasteiger partial charge >= 0.3 is 6.09 Å². The molecule has 6 heteroatoms. The maximum Gasteiger partial charge on any atom is 0.412 e. The van der Waals surface area contributed by atoms with Crippen molar-refractivity contribution in [3.63, 3.8) is 0 Å². The molecule has 1 aromatic carbocycles. The van der Waals surface area contributed by atoms with Crippen LogP contribution in [-0.4, -0.2) is 16.9 Å². The van der Waals surface area contributed by atoms with Crippen LogP contribution in [0.25, 0.3) is 11.0 Å². The SMILES string of the molecule is CCCCC(F)c1noc2cc(NC(=O)OC(C)(C)C)ccc12. The molecule has 0 saturated carbocycles. The molecule has 1 N–H and O–H groups in total. The summed E-state index contributed by atoms with van der Waals surface area (Å²) < 4.78 is 24.5. The van der Waals surface area contributed by atoms with Crippen molar-refractivity contribution < 1.29 is 18.4 Å². The molecular formula is C17H23FN2O3. The largest absolute Gasteiger partial charge is 0.444 e. The van der Waals surface area contributed by atoms with Crippen LogP contribution in [0.1, 0.15) is 58.8 Å². The van der Waals surface area contributed by atoms with Crippen LogP contribution >= 0.6 is 0 Å². The van der Waals surface area contributed by atoms with Crippen molar-refractivity contribution in [3.8, 4) is 0 Å². The normalized spacial score (nSPS) is 13.1. The van der Waals surface area contributed by atoms with Gasteiger partial charge in [-0.15, -0.1) is 0 Å². The minimum Gasteiger partial charge on any atom is -0.444 e. The van der Waals surface area contributed by atoms with Crippen LogP contribution < -0.4 is 5.32 Å². The van der Waals surface area contributed by atoms with Crippen molar-refractivity contribution in [1.29, 1.82) is 0 Å². The van der Waals surface area contributed by atoms with Gasteiger partial charge < -0.3 is 9.26 Å². The number of anilines is 1. The monoisotopic (exact) mass is 322 g/mol. The van der Waals surface area contributed by atoms with Gasteiger partial charge in [0.05, 0.1) is 0 Å². The van der Waals surface area contributed by atoms with E-state index in [0.29, 0.717) is 28.8 Å². The first kappa shape index (κ1) is 17.2. The highest BCUT2D eigenvalue weighted by atomic mass is 19.1. The molecule has 0 aliphatic heterocycles. The lowest BCUT2D eigenvalue weighted by Gasteiger charge is -2.19. The standard InChI is InChI=1S/C17H23FN2O3/c1-5-6-7-13(18)15-12-9-8-11(10-14(12)23-20-15)19-16(21)22-17(2,3)4/h8-10,13H,5-7H2,1-4H3,(H,19,21). The van der Waals surface area contributed by atoms with Crippen molar-refractivity contribution in [3.05, 3.63) is 23.9 Å². The second-order valence-electron chi connectivity index (χ2n) is 6.52. The van der Waals surface area contributed by atoms with Crippen LogP contribution in [0.5, 0.6) is 0 Å². The van der Waals surface area contributed by atoms with Crippen LogP contribution in [0.3, 0.4) is 0 Å². The lowest BCUT2D eigenvalue weighted by Crippen LogP contribution is -2.27. The zero-order valence-corrected chi connectivity index (χ0v) is 14.0. The number of nitrogens with one attached hydrogen (secondary N) is 1. The van der Waals surface area contributed by atoms with E-state index in [1.165, 1.54) is 0 Å². The minimum atomic E-state index is -1.14. The average molecular weight is 322 g/mol. The highest BCUT2D eigenvalue weighted by Gasteiger charge is 2.20. The molecule has 1 amide bonds. The number of unbranched alkanes of at least 4 members (excludes halogenated alkanes) is 1. The summed E-state index contributed by atoms with van der Waals surface area (Å²) in [4.78, 5) is 11.8. The number of benzene rings is 1. The number of amides is 1. The Bertz CT molecular complexity index is 676. The number of ether oxygens (including phenoxy) is 1. The number of aromatic nitrogens is 1. The summed E-state index contributed by atoms with van der Waals surface area (Å²) in [6.45, 7) is 7.38. The average Bonchev–Trinajstić information content (AvgIpc) is 2.85. The predicted octanol–water partition coefficient (Wildman–Crippen LogP) is 5.38. The first-order chi connectivity index (χ1) is 10.8. The molecule has 126 valence electrons. The van der Waals surface area contributed by atoms with Crippen LogP contribution in [0.2, 0.25) is 0 Å². The molecule has 0 radical (unpaired) electrons. The van der Waals surface area contributed by atoms with E-state index in [9.17, 15) is 9.18 Å². The Labute approximate surface area is 135 Å². The zero-order chi connectivity index (χ0) is 17.0. The number of carbonyl (C=O) groups excluding carboxylic acids is 1. The highest BCUT2D eigenvalue weighted by Crippen LogP contribution is 2.31. The van der Waals surface area contributed by atoms with Crippen LogP contribution in [-0.2, 0) is 4.74 Å². The second kappa shape index (κ2) is 6.98. The summed E-state index contributed by atoms with van der Waals surface area (Å²) in [5.74, 6) is 0. The second-order valence-corrected chi connectivity index (χ2v) is 6.52. The summed E-state index contributed by atoms with van der Waals surface area (Å²) in [5.41, 5.74) is 0.692. The molecule has 0 fully saturated rings. The van der Waals surface area contributed by atoms with Gasteiger partial charge in [0.1, 0.15) is 17.5 Å². The van der Waals surface area contributed by atoms with Gasteiger partial charge in [-0.3, -0.25) is 5.32 Å². The molecule has 1 atom stereocenters.